The second-order valence-corrected chi connectivity index (χ2v) is 5.99. The van der Waals surface area contributed by atoms with Crippen molar-refractivity contribution in [3.63, 3.8) is 0 Å². The van der Waals surface area contributed by atoms with Crippen molar-refractivity contribution in [2.24, 2.45) is 0 Å². The molecule has 2 rings (SSSR count). The van der Waals surface area contributed by atoms with E-state index in [9.17, 15) is 22.8 Å². The highest BCUT2D eigenvalue weighted by atomic mass is 19.4. The normalized spacial score (nSPS) is 10.9. The van der Waals surface area contributed by atoms with Crippen LogP contribution in [0.5, 0.6) is 5.75 Å². The molecule has 2 aromatic rings. The van der Waals surface area contributed by atoms with Crippen molar-refractivity contribution in [3.8, 4) is 5.75 Å². The maximum atomic E-state index is 12.1. The van der Waals surface area contributed by atoms with Crippen molar-refractivity contribution in [2.45, 2.75) is 26.4 Å². The van der Waals surface area contributed by atoms with Crippen LogP contribution in [0.25, 0.3) is 0 Å². The van der Waals surface area contributed by atoms with E-state index in [1.165, 1.54) is 12.1 Å². The zero-order chi connectivity index (χ0) is 20.6. The number of alkyl halides is 3. The van der Waals surface area contributed by atoms with E-state index in [0.29, 0.717) is 12.1 Å². The highest BCUT2D eigenvalue weighted by Crippen LogP contribution is 2.22. The topological polar surface area (TPSA) is 79.5 Å². The molecule has 0 aliphatic rings. The van der Waals surface area contributed by atoms with E-state index in [1.807, 2.05) is 31.2 Å². The molecule has 0 saturated carbocycles. The summed E-state index contributed by atoms with van der Waals surface area (Å²) in [6, 6.07) is 12.3. The standard InChI is InChI=1S/C19H20F3N3O3/c1-13-2-4-14(5-3-13)11-24-18(27)25-12-17(26)23-10-15-6-8-16(9-7-15)28-19(20,21)22/h2-9H,10-12H2,1H3,(H,23,26)(H2,24,25,27). The van der Waals surface area contributed by atoms with Gasteiger partial charge in [0, 0.05) is 13.1 Å². The van der Waals surface area contributed by atoms with E-state index >= 15 is 0 Å². The SMILES string of the molecule is Cc1ccc(CNC(=O)NCC(=O)NCc2ccc(OC(F)(F)F)cc2)cc1. The lowest BCUT2D eigenvalue weighted by molar-refractivity contribution is -0.274. The Morgan fingerprint density at radius 1 is 0.857 bits per heavy atom. The van der Waals surface area contributed by atoms with Crippen molar-refractivity contribution < 1.29 is 27.5 Å². The number of carbonyl (C=O) groups excluding carboxylic acids is 2. The number of rotatable bonds is 7. The average molecular weight is 395 g/mol. The van der Waals surface area contributed by atoms with Gasteiger partial charge in [0.05, 0.1) is 6.54 Å². The van der Waals surface area contributed by atoms with Gasteiger partial charge in [0.15, 0.2) is 0 Å². The molecule has 0 heterocycles. The van der Waals surface area contributed by atoms with Crippen LogP contribution in [0.2, 0.25) is 0 Å². The average Bonchev–Trinajstić information content (AvgIpc) is 2.64. The van der Waals surface area contributed by atoms with E-state index in [0.717, 1.165) is 23.3 Å². The minimum absolute atomic E-state index is 0.109. The first-order valence-corrected chi connectivity index (χ1v) is 8.40. The maximum absolute atomic E-state index is 12.1. The first kappa shape index (κ1) is 21.1. The van der Waals surface area contributed by atoms with Gasteiger partial charge < -0.3 is 20.7 Å². The summed E-state index contributed by atoms with van der Waals surface area (Å²) in [5.74, 6) is -0.768. The van der Waals surface area contributed by atoms with Crippen LogP contribution in [0.15, 0.2) is 48.5 Å². The Morgan fingerprint density at radius 3 is 1.96 bits per heavy atom. The summed E-state index contributed by atoms with van der Waals surface area (Å²) in [7, 11) is 0. The molecular weight excluding hydrogens is 375 g/mol. The van der Waals surface area contributed by atoms with Gasteiger partial charge in [-0.3, -0.25) is 4.79 Å². The van der Waals surface area contributed by atoms with Crippen molar-refractivity contribution in [1.82, 2.24) is 16.0 Å². The Balaban J connectivity index is 1.66. The second kappa shape index (κ2) is 9.63. The number of nitrogens with one attached hydrogen (secondary N) is 3. The summed E-state index contributed by atoms with van der Waals surface area (Å²) < 4.78 is 40.0. The van der Waals surface area contributed by atoms with Crippen LogP contribution in [-0.2, 0) is 17.9 Å². The van der Waals surface area contributed by atoms with Crippen LogP contribution in [0.4, 0.5) is 18.0 Å². The molecule has 0 unspecified atom stereocenters. The molecule has 28 heavy (non-hydrogen) atoms. The quantitative estimate of drug-likeness (QED) is 0.674. The molecule has 0 aliphatic carbocycles. The van der Waals surface area contributed by atoms with Gasteiger partial charge in [0.25, 0.3) is 0 Å². The third kappa shape index (κ3) is 7.98. The lowest BCUT2D eigenvalue weighted by Crippen LogP contribution is -2.41. The third-order valence-electron chi connectivity index (χ3n) is 3.63. The van der Waals surface area contributed by atoms with Crippen molar-refractivity contribution in [1.29, 1.82) is 0 Å². The predicted molar refractivity (Wildman–Crippen MR) is 96.4 cm³/mol. The van der Waals surface area contributed by atoms with Gasteiger partial charge in [0.1, 0.15) is 5.75 Å². The number of aryl methyl sites for hydroxylation is 1. The first-order chi connectivity index (χ1) is 13.2. The monoisotopic (exact) mass is 395 g/mol. The summed E-state index contributed by atoms with van der Waals surface area (Å²) in [5.41, 5.74) is 2.64. The molecule has 0 bridgehead atoms. The molecule has 3 amide bonds. The highest BCUT2D eigenvalue weighted by molar-refractivity contribution is 5.83. The fraction of sp³-hybridized carbons (Fsp3) is 0.263. The van der Waals surface area contributed by atoms with Crippen LogP contribution >= 0.6 is 0 Å². The second-order valence-electron chi connectivity index (χ2n) is 5.99. The number of hydrogen-bond donors (Lipinski definition) is 3. The molecule has 0 saturated heterocycles. The van der Waals surface area contributed by atoms with Gasteiger partial charge in [-0.25, -0.2) is 4.79 Å². The van der Waals surface area contributed by atoms with Crippen LogP contribution in [-0.4, -0.2) is 24.8 Å². The lowest BCUT2D eigenvalue weighted by atomic mass is 10.1. The van der Waals surface area contributed by atoms with Gasteiger partial charge in [-0.05, 0) is 30.2 Å². The van der Waals surface area contributed by atoms with E-state index in [1.54, 1.807) is 0 Å². The maximum Gasteiger partial charge on any atom is 0.573 e. The number of halogens is 3. The molecule has 2 aromatic carbocycles. The molecule has 6 nitrogen and oxygen atoms in total. The summed E-state index contributed by atoms with van der Waals surface area (Å²) in [6.45, 7) is 2.18. The van der Waals surface area contributed by atoms with Crippen molar-refractivity contribution in [2.75, 3.05) is 6.54 Å². The molecule has 0 radical (unpaired) electrons. The summed E-state index contributed by atoms with van der Waals surface area (Å²) in [5, 5.41) is 7.62. The predicted octanol–water partition coefficient (Wildman–Crippen LogP) is 3.01. The smallest absolute Gasteiger partial charge is 0.406 e. The van der Waals surface area contributed by atoms with E-state index < -0.39 is 18.3 Å². The fourth-order valence-corrected chi connectivity index (χ4v) is 2.18. The molecular formula is C19H20F3N3O3. The zero-order valence-corrected chi connectivity index (χ0v) is 15.1. The minimum Gasteiger partial charge on any atom is -0.406 e. The van der Waals surface area contributed by atoms with Crippen LogP contribution in [0.1, 0.15) is 16.7 Å². The molecule has 9 heteroatoms. The zero-order valence-electron chi connectivity index (χ0n) is 15.1. The third-order valence-corrected chi connectivity index (χ3v) is 3.63. The van der Waals surface area contributed by atoms with Gasteiger partial charge in [-0.1, -0.05) is 42.0 Å². The summed E-state index contributed by atoms with van der Waals surface area (Å²) in [6.07, 6.45) is -4.75. The summed E-state index contributed by atoms with van der Waals surface area (Å²) in [4.78, 5) is 23.5. The largest absolute Gasteiger partial charge is 0.573 e. The molecule has 150 valence electrons. The number of benzene rings is 2. The number of ether oxygens (including phenoxy) is 1. The number of hydrogen-bond acceptors (Lipinski definition) is 3. The van der Waals surface area contributed by atoms with E-state index in [-0.39, 0.29) is 18.8 Å². The molecule has 0 atom stereocenters. The van der Waals surface area contributed by atoms with Gasteiger partial charge >= 0.3 is 12.4 Å². The highest BCUT2D eigenvalue weighted by Gasteiger charge is 2.30. The molecule has 3 N–H and O–H groups in total. The molecule has 0 aromatic heterocycles. The Hall–Kier alpha value is -3.23. The molecule has 0 spiro atoms. The Labute approximate surface area is 160 Å². The van der Waals surface area contributed by atoms with Gasteiger partial charge in [-0.15, -0.1) is 13.2 Å². The van der Waals surface area contributed by atoms with Crippen molar-refractivity contribution >= 4 is 11.9 Å². The van der Waals surface area contributed by atoms with Crippen LogP contribution < -0.4 is 20.7 Å². The van der Waals surface area contributed by atoms with E-state index in [4.69, 9.17) is 0 Å². The van der Waals surface area contributed by atoms with Crippen molar-refractivity contribution in [3.05, 3.63) is 65.2 Å². The van der Waals surface area contributed by atoms with E-state index in [2.05, 4.69) is 20.7 Å². The number of carbonyl (C=O) groups is 2. The first-order valence-electron chi connectivity index (χ1n) is 8.40. The molecule has 0 aliphatic heterocycles. The molecule has 0 fully saturated rings. The van der Waals surface area contributed by atoms with Gasteiger partial charge in [0.2, 0.25) is 5.91 Å². The van der Waals surface area contributed by atoms with Gasteiger partial charge in [-0.2, -0.15) is 0 Å². The number of urea groups is 1. The fourth-order valence-electron chi connectivity index (χ4n) is 2.18. The number of amides is 3. The Morgan fingerprint density at radius 2 is 1.39 bits per heavy atom. The van der Waals surface area contributed by atoms with Crippen LogP contribution in [0, 0.1) is 6.92 Å². The lowest BCUT2D eigenvalue weighted by Gasteiger charge is -2.10. The Kier molecular flexibility index (Phi) is 7.25. The minimum atomic E-state index is -4.75. The summed E-state index contributed by atoms with van der Waals surface area (Å²) >= 11 is 0. The Bertz CT molecular complexity index is 791. The van der Waals surface area contributed by atoms with Crippen LogP contribution in [0.3, 0.4) is 0 Å².